The Morgan fingerprint density at radius 1 is 1.43 bits per heavy atom. The van der Waals surface area contributed by atoms with Crippen molar-refractivity contribution in [2.45, 2.75) is 45.8 Å². The topological polar surface area (TPSA) is 29.5 Å². The van der Waals surface area contributed by atoms with Gasteiger partial charge in [0, 0.05) is 6.42 Å². The molecule has 1 heterocycles. The number of allylic oxidation sites excluding steroid dienone is 1. The molecule has 14 heavy (non-hydrogen) atoms. The fraction of sp³-hybridized carbons (Fsp3) is 0.833. The summed E-state index contributed by atoms with van der Waals surface area (Å²) >= 11 is 0. The van der Waals surface area contributed by atoms with Gasteiger partial charge in [0.15, 0.2) is 5.79 Å². The lowest BCUT2D eigenvalue weighted by atomic mass is 9.65. The van der Waals surface area contributed by atoms with Crippen molar-refractivity contribution < 1.29 is 9.84 Å². The lowest BCUT2D eigenvalue weighted by Crippen LogP contribution is -2.44. The van der Waals surface area contributed by atoms with Crippen LogP contribution in [0.4, 0.5) is 0 Å². The van der Waals surface area contributed by atoms with Gasteiger partial charge in [0.1, 0.15) is 0 Å². The molecule has 0 amide bonds. The van der Waals surface area contributed by atoms with Gasteiger partial charge in [0.2, 0.25) is 0 Å². The van der Waals surface area contributed by atoms with Gasteiger partial charge >= 0.3 is 0 Å². The Hall–Kier alpha value is -0.340. The molecule has 1 aliphatic carbocycles. The number of fused-ring (bicyclic) bond motifs is 1. The molecular weight excluding hydrogens is 176 g/mol. The average Bonchev–Trinajstić information content (AvgIpc) is 2.05. The Bertz CT molecular complexity index is 263. The summed E-state index contributed by atoms with van der Waals surface area (Å²) in [6, 6.07) is 0. The van der Waals surface area contributed by atoms with Gasteiger partial charge in [-0.1, -0.05) is 19.9 Å². The van der Waals surface area contributed by atoms with Crippen molar-refractivity contribution >= 4 is 0 Å². The minimum absolute atomic E-state index is 0.317. The summed E-state index contributed by atoms with van der Waals surface area (Å²) in [6.07, 6.45) is 5.42. The van der Waals surface area contributed by atoms with Gasteiger partial charge in [0.05, 0.1) is 6.61 Å². The summed E-state index contributed by atoms with van der Waals surface area (Å²) in [6.45, 7) is 6.98. The maximum absolute atomic E-state index is 9.90. The predicted molar refractivity (Wildman–Crippen MR) is 55.8 cm³/mol. The summed E-state index contributed by atoms with van der Waals surface area (Å²) in [5.41, 5.74) is 1.71. The van der Waals surface area contributed by atoms with Crippen molar-refractivity contribution in [3.63, 3.8) is 0 Å². The quantitative estimate of drug-likeness (QED) is 0.603. The van der Waals surface area contributed by atoms with Crippen LogP contribution < -0.4 is 0 Å². The Morgan fingerprint density at radius 2 is 2.14 bits per heavy atom. The van der Waals surface area contributed by atoms with Gasteiger partial charge in [0.25, 0.3) is 0 Å². The van der Waals surface area contributed by atoms with Crippen LogP contribution in [0.3, 0.4) is 0 Å². The zero-order chi connectivity index (χ0) is 10.4. The maximum Gasteiger partial charge on any atom is 0.163 e. The second-order valence-electron chi connectivity index (χ2n) is 5.53. The Kier molecular flexibility index (Phi) is 2.24. The van der Waals surface area contributed by atoms with Crippen molar-refractivity contribution in [1.29, 1.82) is 0 Å². The molecule has 2 atom stereocenters. The van der Waals surface area contributed by atoms with E-state index in [-0.39, 0.29) is 0 Å². The van der Waals surface area contributed by atoms with Gasteiger partial charge in [-0.2, -0.15) is 0 Å². The van der Waals surface area contributed by atoms with Crippen LogP contribution in [-0.2, 0) is 4.74 Å². The predicted octanol–water partition coefficient (Wildman–Crippen LogP) is 2.48. The third-order valence-electron chi connectivity index (χ3n) is 3.72. The van der Waals surface area contributed by atoms with Crippen molar-refractivity contribution in [2.24, 2.45) is 11.3 Å². The van der Waals surface area contributed by atoms with Crippen molar-refractivity contribution in [3.8, 4) is 0 Å². The SMILES string of the molecule is CC1(C)CCC=C2CO[C@](C)(O)C[C@H]21. The van der Waals surface area contributed by atoms with Gasteiger partial charge < -0.3 is 9.84 Å². The van der Waals surface area contributed by atoms with E-state index in [0.29, 0.717) is 17.9 Å². The summed E-state index contributed by atoms with van der Waals surface area (Å²) in [5, 5.41) is 9.90. The molecule has 80 valence electrons. The minimum Gasteiger partial charge on any atom is -0.366 e. The largest absolute Gasteiger partial charge is 0.366 e. The summed E-state index contributed by atoms with van der Waals surface area (Å²) < 4.78 is 5.42. The molecule has 1 N–H and O–H groups in total. The van der Waals surface area contributed by atoms with Crippen molar-refractivity contribution in [3.05, 3.63) is 11.6 Å². The normalized spacial score (nSPS) is 41.4. The molecule has 0 bridgehead atoms. The van der Waals surface area contributed by atoms with Crippen LogP contribution in [0.25, 0.3) is 0 Å². The lowest BCUT2D eigenvalue weighted by Gasteiger charge is -2.46. The van der Waals surface area contributed by atoms with Crippen LogP contribution in [-0.4, -0.2) is 17.5 Å². The fourth-order valence-electron chi connectivity index (χ4n) is 2.69. The molecule has 0 unspecified atom stereocenters. The van der Waals surface area contributed by atoms with Crippen LogP contribution in [0.2, 0.25) is 0 Å². The van der Waals surface area contributed by atoms with Crippen LogP contribution >= 0.6 is 0 Å². The van der Waals surface area contributed by atoms with E-state index in [4.69, 9.17) is 4.74 Å². The first-order valence-electron chi connectivity index (χ1n) is 5.46. The minimum atomic E-state index is -0.920. The third kappa shape index (κ3) is 1.73. The molecule has 1 fully saturated rings. The summed E-state index contributed by atoms with van der Waals surface area (Å²) in [7, 11) is 0. The first kappa shape index (κ1) is 10.2. The molecule has 0 aromatic rings. The molecule has 0 aromatic heterocycles. The summed E-state index contributed by atoms with van der Waals surface area (Å²) in [4.78, 5) is 0. The second-order valence-corrected chi connectivity index (χ2v) is 5.53. The Balaban J connectivity index is 2.24. The lowest BCUT2D eigenvalue weighted by molar-refractivity contribution is -0.217. The molecule has 1 saturated heterocycles. The molecule has 2 rings (SSSR count). The van der Waals surface area contributed by atoms with Crippen molar-refractivity contribution in [2.75, 3.05) is 6.61 Å². The number of ether oxygens (including phenoxy) is 1. The van der Waals surface area contributed by atoms with Crippen LogP contribution in [0.1, 0.15) is 40.0 Å². The standard InChI is InChI=1S/C12H20O2/c1-11(2)6-4-5-9-8-14-12(3,13)7-10(9)11/h5,10,13H,4,6-8H2,1-3H3/t10-,12+/m1/s1. The zero-order valence-electron chi connectivity index (χ0n) is 9.34. The highest BCUT2D eigenvalue weighted by Crippen LogP contribution is 2.47. The third-order valence-corrected chi connectivity index (χ3v) is 3.72. The Labute approximate surface area is 86.0 Å². The van der Waals surface area contributed by atoms with Gasteiger partial charge in [-0.15, -0.1) is 0 Å². The highest BCUT2D eigenvalue weighted by atomic mass is 16.6. The van der Waals surface area contributed by atoms with E-state index in [2.05, 4.69) is 19.9 Å². The van der Waals surface area contributed by atoms with E-state index in [9.17, 15) is 5.11 Å². The monoisotopic (exact) mass is 196 g/mol. The summed E-state index contributed by atoms with van der Waals surface area (Å²) in [5.74, 6) is -0.420. The van der Waals surface area contributed by atoms with E-state index in [1.54, 1.807) is 6.92 Å². The molecule has 2 nitrogen and oxygen atoms in total. The second kappa shape index (κ2) is 3.07. The van der Waals surface area contributed by atoms with Gasteiger partial charge in [-0.3, -0.25) is 0 Å². The van der Waals surface area contributed by atoms with Crippen LogP contribution in [0, 0.1) is 11.3 Å². The van der Waals surface area contributed by atoms with Crippen LogP contribution in [0.15, 0.2) is 11.6 Å². The molecule has 2 heteroatoms. The molecular formula is C12H20O2. The number of hydrogen-bond donors (Lipinski definition) is 1. The molecule has 0 radical (unpaired) electrons. The molecule has 0 spiro atoms. The average molecular weight is 196 g/mol. The first-order valence-corrected chi connectivity index (χ1v) is 5.46. The van der Waals surface area contributed by atoms with Crippen molar-refractivity contribution in [1.82, 2.24) is 0 Å². The van der Waals surface area contributed by atoms with Crippen LogP contribution in [0.5, 0.6) is 0 Å². The van der Waals surface area contributed by atoms with E-state index >= 15 is 0 Å². The highest BCUT2D eigenvalue weighted by Gasteiger charge is 2.42. The highest BCUT2D eigenvalue weighted by molar-refractivity contribution is 5.17. The smallest absolute Gasteiger partial charge is 0.163 e. The molecule has 2 aliphatic rings. The Morgan fingerprint density at radius 3 is 2.86 bits per heavy atom. The maximum atomic E-state index is 9.90. The first-order chi connectivity index (χ1) is 6.41. The number of hydrogen-bond acceptors (Lipinski definition) is 2. The molecule has 1 aliphatic heterocycles. The van der Waals surface area contributed by atoms with E-state index < -0.39 is 5.79 Å². The zero-order valence-corrected chi connectivity index (χ0v) is 9.34. The van der Waals surface area contributed by atoms with E-state index in [1.165, 1.54) is 12.0 Å². The number of aliphatic hydroxyl groups is 1. The number of rotatable bonds is 0. The van der Waals surface area contributed by atoms with Gasteiger partial charge in [-0.05, 0) is 36.7 Å². The van der Waals surface area contributed by atoms with E-state index in [0.717, 1.165) is 12.8 Å². The van der Waals surface area contributed by atoms with Gasteiger partial charge in [-0.25, -0.2) is 0 Å². The molecule has 0 aromatic carbocycles. The fourth-order valence-corrected chi connectivity index (χ4v) is 2.69. The van der Waals surface area contributed by atoms with E-state index in [1.807, 2.05) is 0 Å². The molecule has 0 saturated carbocycles.